The van der Waals surface area contributed by atoms with Crippen molar-refractivity contribution in [3.63, 3.8) is 0 Å². The Morgan fingerprint density at radius 3 is 0.759 bits per heavy atom. The zero-order chi connectivity index (χ0) is 56.8. The van der Waals surface area contributed by atoms with Gasteiger partial charge in [-0.15, -0.1) is 0 Å². The van der Waals surface area contributed by atoms with Gasteiger partial charge in [0.25, 0.3) is 0 Å². The minimum Gasteiger partial charge on any atom is -0.456 e. The summed E-state index contributed by atoms with van der Waals surface area (Å²) < 4.78 is 21.0. The molecule has 0 saturated carbocycles. The van der Waals surface area contributed by atoms with Gasteiger partial charge in [-0.2, -0.15) is 0 Å². The van der Waals surface area contributed by atoms with Gasteiger partial charge < -0.3 is 22.7 Å². The van der Waals surface area contributed by atoms with Crippen LogP contribution in [-0.2, 0) is 0 Å². The molecule has 9 nitrogen and oxygen atoms in total. The average molecular weight is 1110 g/mol. The van der Waals surface area contributed by atoms with Crippen LogP contribution < -0.4 is 0 Å². The number of rotatable bonds is 8. The van der Waals surface area contributed by atoms with Gasteiger partial charge in [0.2, 0.25) is 0 Å². The van der Waals surface area contributed by atoms with Gasteiger partial charge in [-0.1, -0.05) is 158 Å². The molecule has 19 rings (SSSR count). The van der Waals surface area contributed by atoms with Crippen LogP contribution in [0.15, 0.2) is 296 Å². The molecule has 0 unspecified atom stereocenters. The Hall–Kier alpha value is -11.9. The summed E-state index contributed by atoms with van der Waals surface area (Å²) in [6.07, 6.45) is 8.07. The van der Waals surface area contributed by atoms with Crippen molar-refractivity contribution in [3.8, 4) is 56.9 Å². The molecule has 0 amide bonds. The predicted octanol–water partition coefficient (Wildman–Crippen LogP) is 19.7. The average Bonchev–Trinajstić information content (AvgIpc) is 3.13. The Kier molecular flexibility index (Phi) is 9.99. The van der Waals surface area contributed by atoms with Crippen LogP contribution in [-0.4, -0.2) is 37.4 Å². The molecule has 0 atom stereocenters. The monoisotopic (exact) mass is 1110 g/mol. The third-order valence-corrected chi connectivity index (χ3v) is 18.0. The number of fused-ring (bicyclic) bond motifs is 15. The zero-order valence-electron chi connectivity index (χ0n) is 46.7. The maximum absolute atomic E-state index is 6.76. The Balaban J connectivity index is 0.820. The van der Waals surface area contributed by atoms with Crippen LogP contribution in [0.25, 0.3) is 166 Å². The highest BCUT2D eigenvalue weighted by Gasteiger charge is 2.27. The van der Waals surface area contributed by atoms with Crippen LogP contribution in [0.1, 0.15) is 0 Å². The van der Waals surface area contributed by atoms with E-state index in [-0.39, 0.29) is 0 Å². The summed E-state index contributed by atoms with van der Waals surface area (Å²) in [6, 6.07) is 96.2. The number of para-hydroxylation sites is 10. The van der Waals surface area contributed by atoms with Crippen LogP contribution in [0, 0.1) is 0 Å². The fourth-order valence-electron chi connectivity index (χ4n) is 14.4. The van der Waals surface area contributed by atoms with Crippen molar-refractivity contribution in [2.75, 3.05) is 0 Å². The Bertz CT molecular complexity index is 5210. The quantitative estimate of drug-likeness (QED) is 0.152. The highest BCUT2D eigenvalue weighted by Crippen LogP contribution is 2.45. The number of hydrogen-bond donors (Lipinski definition) is 0. The van der Waals surface area contributed by atoms with Gasteiger partial charge in [-0.25, -0.2) is 9.97 Å². The number of nitrogens with zero attached hydrogens (tertiary/aromatic N) is 8. The van der Waals surface area contributed by atoms with E-state index < -0.39 is 0 Å². The summed E-state index contributed by atoms with van der Waals surface area (Å²) in [5, 5.41) is 11.5. The van der Waals surface area contributed by atoms with Gasteiger partial charge >= 0.3 is 0 Å². The molecule has 0 bridgehead atoms. The van der Waals surface area contributed by atoms with E-state index in [9.17, 15) is 0 Å². The molecule has 19 aromatic rings. The van der Waals surface area contributed by atoms with E-state index in [4.69, 9.17) is 14.4 Å². The Labute approximate surface area is 496 Å². The predicted molar refractivity (Wildman–Crippen MR) is 356 cm³/mol. The van der Waals surface area contributed by atoms with Crippen molar-refractivity contribution in [1.29, 1.82) is 0 Å². The normalized spacial score (nSPS) is 12.1. The van der Waals surface area contributed by atoms with Crippen molar-refractivity contribution >= 4 is 109 Å². The first-order chi connectivity index (χ1) is 43.2. The van der Waals surface area contributed by atoms with Crippen LogP contribution in [0.4, 0.5) is 0 Å². The zero-order valence-corrected chi connectivity index (χ0v) is 46.7. The van der Waals surface area contributed by atoms with Gasteiger partial charge in [-0.05, 0) is 109 Å². The lowest BCUT2D eigenvalue weighted by atomic mass is 10.1. The topological polar surface area (TPSA) is 68.5 Å². The molecule has 0 saturated heterocycles. The summed E-state index contributed by atoms with van der Waals surface area (Å²) in [7, 11) is 0. The van der Waals surface area contributed by atoms with E-state index in [0.717, 1.165) is 123 Å². The van der Waals surface area contributed by atoms with Crippen molar-refractivity contribution < 1.29 is 4.42 Å². The lowest BCUT2D eigenvalue weighted by molar-refractivity contribution is 0.669. The van der Waals surface area contributed by atoms with E-state index in [0.29, 0.717) is 0 Å². The molecule has 12 aromatic carbocycles. The van der Waals surface area contributed by atoms with E-state index in [2.05, 4.69) is 307 Å². The van der Waals surface area contributed by atoms with Gasteiger partial charge in [-0.3, -0.25) is 9.13 Å². The van der Waals surface area contributed by atoms with Gasteiger partial charge in [0.05, 0.1) is 78.3 Å². The van der Waals surface area contributed by atoms with Gasteiger partial charge in [0.15, 0.2) is 0 Å². The molecule has 0 radical (unpaired) electrons. The van der Waals surface area contributed by atoms with Crippen molar-refractivity contribution in [2.24, 2.45) is 0 Å². The van der Waals surface area contributed by atoms with Gasteiger partial charge in [0, 0.05) is 89.8 Å². The number of hydrogen-bond acceptors (Lipinski definition) is 3. The highest BCUT2D eigenvalue weighted by molar-refractivity contribution is 6.14. The molecule has 0 fully saturated rings. The maximum Gasteiger partial charge on any atom is 0.144 e. The largest absolute Gasteiger partial charge is 0.456 e. The molecular formula is C78H48N8O. The first-order valence-corrected chi connectivity index (χ1v) is 29.5. The summed E-state index contributed by atoms with van der Waals surface area (Å²) in [6.45, 7) is 0. The molecule has 7 aromatic heterocycles. The third kappa shape index (κ3) is 6.79. The van der Waals surface area contributed by atoms with E-state index in [1.54, 1.807) is 0 Å². The second kappa shape index (κ2) is 18.3. The molecule has 7 heterocycles. The minimum absolute atomic E-state index is 0.786. The molecular weight excluding hydrogens is 1060 g/mol. The molecule has 0 N–H and O–H groups in total. The Morgan fingerprint density at radius 1 is 0.241 bits per heavy atom. The maximum atomic E-state index is 6.76. The highest BCUT2D eigenvalue weighted by atomic mass is 16.3. The SMILES string of the molecule is c1cc(-n2c3ccccc3c3ccccc32)c(-n2ccnc2-c2ccc3oc4ccc(-c5nccn5-c5c(-n6c7ccccc7c7ccccc76)cccc5-n5c6ccccc6c6ccccc65)cc4c3c2)c(-n2c3ccccc3c3ccccc32)c1. The second-order valence-electron chi connectivity index (χ2n) is 22.5. The summed E-state index contributed by atoms with van der Waals surface area (Å²) in [5.74, 6) is 1.60. The van der Waals surface area contributed by atoms with Crippen LogP contribution >= 0.6 is 0 Å². The number of furan rings is 1. The van der Waals surface area contributed by atoms with E-state index in [1.165, 1.54) is 43.1 Å². The molecule has 0 aliphatic carbocycles. The van der Waals surface area contributed by atoms with E-state index >= 15 is 0 Å². The van der Waals surface area contributed by atoms with Crippen molar-refractivity contribution in [2.45, 2.75) is 0 Å². The van der Waals surface area contributed by atoms with Crippen LogP contribution in [0.5, 0.6) is 0 Å². The van der Waals surface area contributed by atoms with Crippen molar-refractivity contribution in [3.05, 3.63) is 292 Å². The molecule has 0 aliphatic rings. The molecule has 87 heavy (non-hydrogen) atoms. The number of benzene rings is 12. The van der Waals surface area contributed by atoms with Crippen molar-refractivity contribution in [1.82, 2.24) is 37.4 Å². The molecule has 406 valence electrons. The lowest BCUT2D eigenvalue weighted by Gasteiger charge is -2.21. The molecule has 0 spiro atoms. The first-order valence-electron chi connectivity index (χ1n) is 29.5. The molecule has 9 heteroatoms. The second-order valence-corrected chi connectivity index (χ2v) is 22.5. The fraction of sp³-hybridized carbons (Fsp3) is 0. The summed E-state index contributed by atoms with van der Waals surface area (Å²) >= 11 is 0. The van der Waals surface area contributed by atoms with Crippen LogP contribution in [0.3, 0.4) is 0 Å². The minimum atomic E-state index is 0.786. The summed E-state index contributed by atoms with van der Waals surface area (Å²) in [5.41, 5.74) is 18.6. The first kappa shape index (κ1) is 47.5. The molecule has 0 aliphatic heterocycles. The van der Waals surface area contributed by atoms with E-state index in [1.807, 2.05) is 12.4 Å². The summed E-state index contributed by atoms with van der Waals surface area (Å²) in [4.78, 5) is 10.5. The number of aromatic nitrogens is 8. The smallest absolute Gasteiger partial charge is 0.144 e. The Morgan fingerprint density at radius 2 is 0.494 bits per heavy atom. The number of imidazole rings is 2. The standard InChI is InChI=1S/C78H48N8O/c1-9-27-61-51(19-1)52-20-2-10-28-62(52)83(61)69-35-17-36-70(84-63-29-11-3-21-53(63)54-22-4-12-30-64(54)84)75(69)81-45-43-79-77(81)49-39-41-73-59(47-49)60-48-50(40-42-74(60)87-73)78-80-44-46-82(78)76-71(85-65-31-13-5-23-55(65)56-24-6-14-32-66(56)85)37-18-38-72(76)86-67-33-15-7-25-57(67)58-26-8-16-34-68(58)86/h1-48H. The van der Waals surface area contributed by atoms with Crippen LogP contribution in [0.2, 0.25) is 0 Å². The van der Waals surface area contributed by atoms with Gasteiger partial charge in [0.1, 0.15) is 22.8 Å². The fourth-order valence-corrected chi connectivity index (χ4v) is 14.4. The lowest BCUT2D eigenvalue weighted by Crippen LogP contribution is -2.09. The third-order valence-electron chi connectivity index (χ3n) is 18.0.